The molecule has 2 atom stereocenters. The molecular weight excluding hydrogens is 182 g/mol. The average molecular weight is 201 g/mol. The summed E-state index contributed by atoms with van der Waals surface area (Å²) in [7, 11) is 0. The highest BCUT2D eigenvalue weighted by molar-refractivity contribution is 5.72. The minimum Gasteiger partial charge on any atom is -0.479 e. The quantitative estimate of drug-likeness (QED) is 0.626. The minimum absolute atomic E-state index is 0.507. The topological polar surface area (TPSA) is 83.5 Å². The Balaban J connectivity index is 2.31. The van der Waals surface area contributed by atoms with Gasteiger partial charge >= 0.3 is 5.97 Å². The summed E-state index contributed by atoms with van der Waals surface area (Å²) >= 11 is 0. The molecule has 4 N–H and O–H groups in total. The zero-order valence-corrected chi connectivity index (χ0v) is 8.35. The first kappa shape index (κ1) is 11.5. The smallest absolute Gasteiger partial charge is 0.334 e. The van der Waals surface area contributed by atoms with Crippen molar-refractivity contribution < 1.29 is 15.0 Å². The fraction of sp³-hybridized carbons (Fsp3) is 0.900. The molecule has 0 radical (unpaired) electrons. The van der Waals surface area contributed by atoms with E-state index in [-0.39, 0.29) is 0 Å². The SMILES string of the molecule is N[C@H](CC1CCCCC1)[C@@H](O)C(=O)O. The van der Waals surface area contributed by atoms with E-state index in [1.807, 2.05) is 0 Å². The number of carboxylic acid groups (broad SMARTS) is 1. The first-order valence-corrected chi connectivity index (χ1v) is 5.27. The molecule has 0 unspecified atom stereocenters. The van der Waals surface area contributed by atoms with Gasteiger partial charge in [0.1, 0.15) is 0 Å². The number of hydrogen-bond acceptors (Lipinski definition) is 3. The summed E-state index contributed by atoms with van der Waals surface area (Å²) in [5, 5.41) is 17.8. The van der Waals surface area contributed by atoms with Crippen LogP contribution in [0.2, 0.25) is 0 Å². The highest BCUT2D eigenvalue weighted by Crippen LogP contribution is 2.27. The van der Waals surface area contributed by atoms with Gasteiger partial charge in [0, 0.05) is 6.04 Å². The van der Waals surface area contributed by atoms with E-state index in [2.05, 4.69) is 0 Å². The molecule has 1 fully saturated rings. The lowest BCUT2D eigenvalue weighted by atomic mass is 9.84. The van der Waals surface area contributed by atoms with Crippen LogP contribution in [0.5, 0.6) is 0 Å². The molecule has 14 heavy (non-hydrogen) atoms. The summed E-state index contributed by atoms with van der Waals surface area (Å²) < 4.78 is 0. The van der Waals surface area contributed by atoms with Gasteiger partial charge in [-0.05, 0) is 12.3 Å². The molecule has 0 aromatic rings. The van der Waals surface area contributed by atoms with Gasteiger partial charge in [-0.1, -0.05) is 32.1 Å². The number of aliphatic hydroxyl groups excluding tert-OH is 1. The van der Waals surface area contributed by atoms with Crippen LogP contribution < -0.4 is 5.73 Å². The molecule has 0 saturated heterocycles. The normalized spacial score (nSPS) is 23.0. The van der Waals surface area contributed by atoms with Crippen LogP contribution in [0.15, 0.2) is 0 Å². The van der Waals surface area contributed by atoms with Gasteiger partial charge < -0.3 is 15.9 Å². The largest absolute Gasteiger partial charge is 0.479 e. The van der Waals surface area contributed by atoms with Crippen molar-refractivity contribution in [3.05, 3.63) is 0 Å². The second kappa shape index (κ2) is 5.32. The molecule has 0 aromatic heterocycles. The summed E-state index contributed by atoms with van der Waals surface area (Å²) in [5.41, 5.74) is 5.62. The average Bonchev–Trinajstić information content (AvgIpc) is 2.18. The lowest BCUT2D eigenvalue weighted by molar-refractivity contribution is -0.147. The van der Waals surface area contributed by atoms with Crippen molar-refractivity contribution in [2.75, 3.05) is 0 Å². The molecule has 1 rings (SSSR count). The molecule has 0 spiro atoms. The van der Waals surface area contributed by atoms with Crippen molar-refractivity contribution >= 4 is 5.97 Å². The van der Waals surface area contributed by atoms with Gasteiger partial charge in [-0.3, -0.25) is 0 Å². The monoisotopic (exact) mass is 201 g/mol. The molecule has 0 amide bonds. The second-order valence-corrected chi connectivity index (χ2v) is 4.19. The Kier molecular flexibility index (Phi) is 4.35. The molecule has 1 aliphatic carbocycles. The van der Waals surface area contributed by atoms with E-state index >= 15 is 0 Å². The summed E-state index contributed by atoms with van der Waals surface area (Å²) in [6.45, 7) is 0. The van der Waals surface area contributed by atoms with Crippen LogP contribution in [0.1, 0.15) is 38.5 Å². The molecule has 0 aromatic carbocycles. The van der Waals surface area contributed by atoms with Gasteiger partial charge in [0.15, 0.2) is 6.10 Å². The van der Waals surface area contributed by atoms with Crippen molar-refractivity contribution in [1.82, 2.24) is 0 Å². The minimum atomic E-state index is -1.41. The zero-order valence-electron chi connectivity index (χ0n) is 8.35. The predicted octanol–water partition coefficient (Wildman–Crippen LogP) is 0.730. The Hall–Kier alpha value is -0.610. The van der Waals surface area contributed by atoms with Crippen molar-refractivity contribution in [1.29, 1.82) is 0 Å². The number of nitrogens with two attached hydrogens (primary N) is 1. The van der Waals surface area contributed by atoms with Crippen molar-refractivity contribution in [3.8, 4) is 0 Å². The predicted molar refractivity (Wildman–Crippen MR) is 52.8 cm³/mol. The van der Waals surface area contributed by atoms with Gasteiger partial charge in [0.25, 0.3) is 0 Å². The number of aliphatic carboxylic acids is 1. The fourth-order valence-corrected chi connectivity index (χ4v) is 2.12. The Morgan fingerprint density at radius 2 is 1.93 bits per heavy atom. The number of hydrogen-bond donors (Lipinski definition) is 3. The van der Waals surface area contributed by atoms with E-state index < -0.39 is 18.1 Å². The first-order valence-electron chi connectivity index (χ1n) is 5.27. The van der Waals surface area contributed by atoms with E-state index in [4.69, 9.17) is 10.8 Å². The van der Waals surface area contributed by atoms with E-state index in [1.165, 1.54) is 19.3 Å². The van der Waals surface area contributed by atoms with Gasteiger partial charge in [0.05, 0.1) is 0 Å². The van der Waals surface area contributed by atoms with Gasteiger partial charge in [-0.15, -0.1) is 0 Å². The molecule has 0 bridgehead atoms. The second-order valence-electron chi connectivity index (χ2n) is 4.19. The third-order valence-electron chi connectivity index (χ3n) is 2.99. The lowest BCUT2D eigenvalue weighted by Crippen LogP contribution is -2.41. The summed E-state index contributed by atoms with van der Waals surface area (Å²) in [6, 6.07) is -0.615. The number of carboxylic acids is 1. The van der Waals surface area contributed by atoms with Gasteiger partial charge in [-0.2, -0.15) is 0 Å². The molecule has 0 aliphatic heterocycles. The van der Waals surface area contributed by atoms with E-state index in [0.29, 0.717) is 12.3 Å². The number of rotatable bonds is 4. The Morgan fingerprint density at radius 3 is 2.43 bits per heavy atom. The third-order valence-corrected chi connectivity index (χ3v) is 2.99. The molecule has 1 saturated carbocycles. The Morgan fingerprint density at radius 1 is 1.36 bits per heavy atom. The van der Waals surface area contributed by atoms with Gasteiger partial charge in [-0.25, -0.2) is 4.79 Å². The van der Waals surface area contributed by atoms with Crippen molar-refractivity contribution in [2.45, 2.75) is 50.7 Å². The van der Waals surface area contributed by atoms with Crippen LogP contribution in [0.3, 0.4) is 0 Å². The Labute approximate surface area is 84.1 Å². The van der Waals surface area contributed by atoms with Crippen LogP contribution in [0, 0.1) is 5.92 Å². The fourth-order valence-electron chi connectivity index (χ4n) is 2.12. The van der Waals surface area contributed by atoms with Gasteiger partial charge in [0.2, 0.25) is 0 Å². The molecule has 0 heterocycles. The summed E-state index contributed by atoms with van der Waals surface area (Å²) in [5.74, 6) is -0.707. The van der Waals surface area contributed by atoms with Crippen molar-refractivity contribution in [2.24, 2.45) is 11.7 Å². The summed E-state index contributed by atoms with van der Waals surface area (Å²) in [6.07, 6.45) is 5.17. The lowest BCUT2D eigenvalue weighted by Gasteiger charge is -2.25. The van der Waals surface area contributed by atoms with Crippen molar-refractivity contribution in [3.63, 3.8) is 0 Å². The van der Waals surface area contributed by atoms with Crippen LogP contribution in [0.25, 0.3) is 0 Å². The maximum atomic E-state index is 10.5. The molecular formula is C10H19NO3. The molecule has 4 nitrogen and oxygen atoms in total. The standard InChI is InChI=1S/C10H19NO3/c11-8(9(12)10(13)14)6-7-4-2-1-3-5-7/h7-9,12H,1-6,11H2,(H,13,14)/t8-,9-/m1/s1. The molecule has 4 heteroatoms. The third kappa shape index (κ3) is 3.27. The maximum absolute atomic E-state index is 10.5. The first-order chi connectivity index (χ1) is 6.61. The zero-order chi connectivity index (χ0) is 10.6. The van der Waals surface area contributed by atoms with E-state index in [9.17, 15) is 9.90 Å². The van der Waals surface area contributed by atoms with Crippen LogP contribution in [-0.2, 0) is 4.79 Å². The van der Waals surface area contributed by atoms with E-state index in [0.717, 1.165) is 12.8 Å². The molecule has 82 valence electrons. The van der Waals surface area contributed by atoms with Crippen LogP contribution in [0.4, 0.5) is 0 Å². The molecule has 1 aliphatic rings. The van der Waals surface area contributed by atoms with E-state index in [1.54, 1.807) is 0 Å². The highest BCUT2D eigenvalue weighted by Gasteiger charge is 2.25. The number of aliphatic hydroxyl groups is 1. The van der Waals surface area contributed by atoms with Crippen LogP contribution >= 0.6 is 0 Å². The number of carbonyl (C=O) groups is 1. The summed E-state index contributed by atoms with van der Waals surface area (Å²) in [4.78, 5) is 10.5. The highest BCUT2D eigenvalue weighted by atomic mass is 16.4. The van der Waals surface area contributed by atoms with Crippen LogP contribution in [-0.4, -0.2) is 28.3 Å². The maximum Gasteiger partial charge on any atom is 0.334 e. The Bertz CT molecular complexity index is 190.